The Labute approximate surface area is 107 Å². The van der Waals surface area contributed by atoms with E-state index < -0.39 is 15.5 Å². The van der Waals surface area contributed by atoms with Gasteiger partial charge in [-0.1, -0.05) is 6.92 Å². The lowest BCUT2D eigenvalue weighted by Crippen LogP contribution is -2.46. The summed E-state index contributed by atoms with van der Waals surface area (Å²) in [5.41, 5.74) is -0.459. The zero-order valence-corrected chi connectivity index (χ0v) is 11.4. The second-order valence-corrected chi connectivity index (χ2v) is 6.71. The molecule has 1 saturated heterocycles. The number of piperidine rings is 1. The van der Waals surface area contributed by atoms with Crippen LogP contribution in [0.3, 0.4) is 0 Å². The maximum absolute atomic E-state index is 12.5. The third-order valence-corrected chi connectivity index (χ3v) is 5.70. The summed E-state index contributed by atoms with van der Waals surface area (Å²) in [6.45, 7) is 4.43. The van der Waals surface area contributed by atoms with Gasteiger partial charge in [0.2, 0.25) is 15.5 Å². The van der Waals surface area contributed by atoms with Crippen LogP contribution in [-0.2, 0) is 10.0 Å². The van der Waals surface area contributed by atoms with E-state index in [9.17, 15) is 13.2 Å². The number of aromatic nitrogens is 1. The molecule has 2 unspecified atom stereocenters. The summed E-state index contributed by atoms with van der Waals surface area (Å²) < 4.78 is 26.4. The highest BCUT2D eigenvalue weighted by molar-refractivity contribution is 7.89. The molecule has 1 fully saturated rings. The zero-order valence-electron chi connectivity index (χ0n) is 10.6. The van der Waals surface area contributed by atoms with Gasteiger partial charge in [-0.3, -0.25) is 4.79 Å². The molecule has 0 aromatic carbocycles. The van der Waals surface area contributed by atoms with Crippen molar-refractivity contribution in [2.75, 3.05) is 6.54 Å². The minimum absolute atomic E-state index is 0.0663. The lowest BCUT2D eigenvalue weighted by Gasteiger charge is -2.36. The van der Waals surface area contributed by atoms with Crippen molar-refractivity contribution in [3.8, 4) is 0 Å². The highest BCUT2D eigenvalue weighted by atomic mass is 32.2. The van der Waals surface area contributed by atoms with E-state index in [2.05, 4.69) is 4.98 Å². The minimum atomic E-state index is -3.69. The number of H-pyrrole nitrogens is 1. The van der Waals surface area contributed by atoms with Crippen LogP contribution < -0.4 is 5.43 Å². The molecule has 1 aromatic heterocycles. The fourth-order valence-corrected chi connectivity index (χ4v) is 4.17. The average molecular weight is 270 g/mol. The minimum Gasteiger partial charge on any atom is -0.366 e. The molecule has 5 nitrogen and oxygen atoms in total. The van der Waals surface area contributed by atoms with E-state index in [0.29, 0.717) is 12.5 Å². The molecular formula is C12H18N2O3S. The summed E-state index contributed by atoms with van der Waals surface area (Å²) in [4.78, 5) is 14.2. The van der Waals surface area contributed by atoms with Crippen LogP contribution in [0.4, 0.5) is 0 Å². The number of pyridine rings is 1. The summed E-state index contributed by atoms with van der Waals surface area (Å²) in [6, 6.07) is 1.17. The number of nitrogens with one attached hydrogen (secondary N) is 1. The average Bonchev–Trinajstić information content (AvgIpc) is 2.32. The quantitative estimate of drug-likeness (QED) is 0.877. The summed E-state index contributed by atoms with van der Waals surface area (Å²) in [5, 5.41) is 0. The number of nitrogens with zero attached hydrogens (tertiary/aromatic N) is 1. The molecule has 0 saturated carbocycles. The molecule has 1 aliphatic rings. The molecule has 0 bridgehead atoms. The predicted molar refractivity (Wildman–Crippen MR) is 68.8 cm³/mol. The van der Waals surface area contributed by atoms with Gasteiger partial charge in [0.15, 0.2) is 0 Å². The number of sulfonamides is 1. The van der Waals surface area contributed by atoms with Gasteiger partial charge in [-0.15, -0.1) is 0 Å². The van der Waals surface area contributed by atoms with Crippen molar-refractivity contribution in [2.45, 2.75) is 37.6 Å². The first-order valence-electron chi connectivity index (χ1n) is 6.13. The standard InChI is InChI=1S/C12H18N2O3S/c1-9-4-3-7-14(10(9)2)18(16,17)12-8-13-6-5-11(12)15/h5-6,8-10H,3-4,7H2,1-2H3,(H,13,15). The largest absolute Gasteiger partial charge is 0.366 e. The van der Waals surface area contributed by atoms with Gasteiger partial charge in [0.05, 0.1) is 0 Å². The number of aromatic amines is 1. The summed E-state index contributed by atoms with van der Waals surface area (Å²) in [7, 11) is -3.69. The van der Waals surface area contributed by atoms with E-state index in [1.165, 1.54) is 22.8 Å². The summed E-state index contributed by atoms with van der Waals surface area (Å²) in [6.07, 6.45) is 4.57. The Balaban J connectivity index is 2.43. The van der Waals surface area contributed by atoms with Gasteiger partial charge in [0.25, 0.3) is 0 Å². The summed E-state index contributed by atoms with van der Waals surface area (Å²) in [5.74, 6) is 0.316. The van der Waals surface area contributed by atoms with Crippen LogP contribution in [0.25, 0.3) is 0 Å². The maximum Gasteiger partial charge on any atom is 0.248 e. The number of hydrogen-bond donors (Lipinski definition) is 1. The lowest BCUT2D eigenvalue weighted by molar-refractivity contribution is 0.202. The number of rotatable bonds is 2. The van der Waals surface area contributed by atoms with Gasteiger partial charge < -0.3 is 4.98 Å². The second kappa shape index (κ2) is 4.85. The fourth-order valence-electron chi connectivity index (χ4n) is 2.37. The van der Waals surface area contributed by atoms with Crippen molar-refractivity contribution in [3.05, 3.63) is 28.7 Å². The molecule has 1 aromatic rings. The molecule has 18 heavy (non-hydrogen) atoms. The highest BCUT2D eigenvalue weighted by Gasteiger charge is 2.35. The Hall–Kier alpha value is -1.14. The molecule has 6 heteroatoms. The van der Waals surface area contributed by atoms with Crippen LogP contribution in [0, 0.1) is 5.92 Å². The van der Waals surface area contributed by atoms with Crippen LogP contribution in [0.15, 0.2) is 28.2 Å². The fraction of sp³-hybridized carbons (Fsp3) is 0.583. The molecule has 0 spiro atoms. The SMILES string of the molecule is CC1CCCN(S(=O)(=O)c2c[nH]ccc2=O)C1C. The van der Waals surface area contributed by atoms with E-state index in [-0.39, 0.29) is 10.9 Å². The van der Waals surface area contributed by atoms with Gasteiger partial charge in [0.1, 0.15) is 4.90 Å². The molecule has 0 radical (unpaired) electrons. The van der Waals surface area contributed by atoms with Crippen molar-refractivity contribution in [3.63, 3.8) is 0 Å². The van der Waals surface area contributed by atoms with Gasteiger partial charge in [-0.2, -0.15) is 4.31 Å². The number of hydrogen-bond acceptors (Lipinski definition) is 3. The monoisotopic (exact) mass is 270 g/mol. The van der Waals surface area contributed by atoms with E-state index in [0.717, 1.165) is 12.8 Å². The molecule has 2 atom stereocenters. The van der Waals surface area contributed by atoms with Crippen LogP contribution in [0.2, 0.25) is 0 Å². The molecular weight excluding hydrogens is 252 g/mol. The Morgan fingerprint density at radius 3 is 2.78 bits per heavy atom. The van der Waals surface area contributed by atoms with Crippen molar-refractivity contribution in [1.29, 1.82) is 0 Å². The van der Waals surface area contributed by atoms with Crippen molar-refractivity contribution in [2.24, 2.45) is 5.92 Å². The van der Waals surface area contributed by atoms with Crippen LogP contribution in [-0.4, -0.2) is 30.3 Å². The van der Waals surface area contributed by atoms with Crippen molar-refractivity contribution in [1.82, 2.24) is 9.29 Å². The summed E-state index contributed by atoms with van der Waals surface area (Å²) >= 11 is 0. The molecule has 2 rings (SSSR count). The van der Waals surface area contributed by atoms with Gasteiger partial charge in [-0.05, 0) is 25.7 Å². The first-order chi connectivity index (χ1) is 8.44. The molecule has 100 valence electrons. The topological polar surface area (TPSA) is 70.2 Å². The third-order valence-electron chi connectivity index (χ3n) is 3.69. The zero-order chi connectivity index (χ0) is 13.3. The molecule has 1 N–H and O–H groups in total. The van der Waals surface area contributed by atoms with Crippen LogP contribution in [0.1, 0.15) is 26.7 Å². The third kappa shape index (κ3) is 2.22. The van der Waals surface area contributed by atoms with Gasteiger partial charge in [0, 0.05) is 31.0 Å². The first kappa shape index (κ1) is 13.3. The first-order valence-corrected chi connectivity index (χ1v) is 7.57. The Bertz CT molecular complexity index is 579. The normalized spacial score (nSPS) is 26.1. The maximum atomic E-state index is 12.5. The lowest BCUT2D eigenvalue weighted by atomic mass is 9.94. The predicted octanol–water partition coefficient (Wildman–Crippen LogP) is 1.18. The Kier molecular flexibility index (Phi) is 3.59. The molecule has 2 heterocycles. The van der Waals surface area contributed by atoms with E-state index in [1.54, 1.807) is 0 Å². The Morgan fingerprint density at radius 2 is 2.11 bits per heavy atom. The van der Waals surface area contributed by atoms with Crippen molar-refractivity contribution >= 4 is 10.0 Å². The molecule has 0 amide bonds. The van der Waals surface area contributed by atoms with Gasteiger partial charge >= 0.3 is 0 Å². The Morgan fingerprint density at radius 1 is 1.39 bits per heavy atom. The molecule has 0 aliphatic carbocycles. The molecule has 1 aliphatic heterocycles. The van der Waals surface area contributed by atoms with Gasteiger partial charge in [-0.25, -0.2) is 8.42 Å². The van der Waals surface area contributed by atoms with E-state index in [4.69, 9.17) is 0 Å². The smallest absolute Gasteiger partial charge is 0.248 e. The van der Waals surface area contributed by atoms with Crippen LogP contribution in [0.5, 0.6) is 0 Å². The van der Waals surface area contributed by atoms with E-state index >= 15 is 0 Å². The van der Waals surface area contributed by atoms with Crippen LogP contribution >= 0.6 is 0 Å². The highest BCUT2D eigenvalue weighted by Crippen LogP contribution is 2.27. The second-order valence-electron chi connectivity index (χ2n) is 4.85. The van der Waals surface area contributed by atoms with E-state index in [1.807, 2.05) is 13.8 Å². The van der Waals surface area contributed by atoms with Crippen molar-refractivity contribution < 1.29 is 8.42 Å².